The Kier molecular flexibility index (Phi) is 4.55. The van der Waals surface area contributed by atoms with Crippen molar-refractivity contribution in [3.8, 4) is 22.3 Å². The molecule has 0 atom stereocenters. The van der Waals surface area contributed by atoms with Crippen molar-refractivity contribution in [2.45, 2.75) is 0 Å². The maximum absolute atomic E-state index is 6.79. The minimum atomic E-state index is 0.915. The Morgan fingerprint density at radius 2 is 1.10 bits per heavy atom. The Morgan fingerprint density at radius 1 is 0.450 bits per heavy atom. The molecule has 40 heavy (non-hydrogen) atoms. The fourth-order valence-electron chi connectivity index (χ4n) is 6.54. The second kappa shape index (κ2) is 8.29. The summed E-state index contributed by atoms with van der Waals surface area (Å²) < 4.78 is 9.41. The standard InChI is InChI=1S/C38H22OS/c1-2-12-25-23(10-1)11-9-17-28(25)36-30-15-4-3-14-29(30)35(38-37(36)31-16-5-7-18-32(31)39-38)24-20-21-27-26-13-6-8-19-33(26)40-34(27)22-24/h1-22H. The molecule has 0 aliphatic rings. The van der Waals surface area contributed by atoms with Crippen LogP contribution in [0.2, 0.25) is 0 Å². The lowest BCUT2D eigenvalue weighted by atomic mass is 9.86. The van der Waals surface area contributed by atoms with Gasteiger partial charge in [0.25, 0.3) is 0 Å². The van der Waals surface area contributed by atoms with Gasteiger partial charge in [0.1, 0.15) is 11.2 Å². The molecule has 0 radical (unpaired) electrons. The third-order valence-electron chi connectivity index (χ3n) is 8.26. The summed E-state index contributed by atoms with van der Waals surface area (Å²) in [7, 11) is 0. The number of para-hydroxylation sites is 1. The molecule has 186 valence electrons. The van der Waals surface area contributed by atoms with Crippen molar-refractivity contribution in [1.82, 2.24) is 0 Å². The first kappa shape index (κ1) is 22.0. The van der Waals surface area contributed by atoms with Crippen molar-refractivity contribution in [2.75, 3.05) is 0 Å². The van der Waals surface area contributed by atoms with Crippen LogP contribution in [0.1, 0.15) is 0 Å². The summed E-state index contributed by atoms with van der Waals surface area (Å²) in [5.41, 5.74) is 6.67. The molecule has 0 aliphatic carbocycles. The van der Waals surface area contributed by atoms with Crippen molar-refractivity contribution in [2.24, 2.45) is 0 Å². The summed E-state index contributed by atoms with van der Waals surface area (Å²) in [4.78, 5) is 0. The molecule has 0 aliphatic heterocycles. The zero-order valence-electron chi connectivity index (χ0n) is 21.5. The molecule has 0 saturated carbocycles. The van der Waals surface area contributed by atoms with Gasteiger partial charge in [-0.15, -0.1) is 11.3 Å². The smallest absolute Gasteiger partial charge is 0.144 e. The number of rotatable bonds is 2. The van der Waals surface area contributed by atoms with Gasteiger partial charge in [-0.3, -0.25) is 0 Å². The Hall–Kier alpha value is -4.92. The molecule has 2 heteroatoms. The minimum Gasteiger partial charge on any atom is -0.455 e. The Morgan fingerprint density at radius 3 is 1.98 bits per heavy atom. The van der Waals surface area contributed by atoms with Gasteiger partial charge in [0, 0.05) is 42.1 Å². The highest BCUT2D eigenvalue weighted by atomic mass is 32.1. The van der Waals surface area contributed by atoms with Crippen LogP contribution in [0.15, 0.2) is 138 Å². The predicted molar refractivity (Wildman–Crippen MR) is 172 cm³/mol. The van der Waals surface area contributed by atoms with E-state index < -0.39 is 0 Å². The highest BCUT2D eigenvalue weighted by Crippen LogP contribution is 2.49. The Balaban J connectivity index is 1.47. The van der Waals surface area contributed by atoms with E-state index in [1.165, 1.54) is 63.8 Å². The van der Waals surface area contributed by atoms with E-state index in [0.717, 1.165) is 22.1 Å². The third-order valence-corrected chi connectivity index (χ3v) is 9.40. The fraction of sp³-hybridized carbons (Fsp3) is 0. The van der Waals surface area contributed by atoms with Gasteiger partial charge in [0.05, 0.1) is 0 Å². The molecule has 2 heterocycles. The largest absolute Gasteiger partial charge is 0.455 e. The highest BCUT2D eigenvalue weighted by Gasteiger charge is 2.23. The minimum absolute atomic E-state index is 0.915. The predicted octanol–water partition coefficient (Wildman–Crippen LogP) is 11.6. The lowest BCUT2D eigenvalue weighted by molar-refractivity contribution is 0.670. The summed E-state index contributed by atoms with van der Waals surface area (Å²) in [5, 5.41) is 9.89. The first-order chi connectivity index (χ1) is 19.8. The molecular formula is C38H22OS. The second-order valence-electron chi connectivity index (χ2n) is 10.4. The van der Waals surface area contributed by atoms with E-state index in [1.807, 2.05) is 11.3 Å². The summed E-state index contributed by atoms with van der Waals surface area (Å²) in [6, 6.07) is 48.2. The van der Waals surface area contributed by atoms with Gasteiger partial charge in [-0.1, -0.05) is 115 Å². The van der Waals surface area contributed by atoms with Crippen molar-refractivity contribution in [1.29, 1.82) is 0 Å². The van der Waals surface area contributed by atoms with Gasteiger partial charge in [-0.2, -0.15) is 0 Å². The molecule has 9 aromatic rings. The van der Waals surface area contributed by atoms with E-state index in [4.69, 9.17) is 4.42 Å². The van der Waals surface area contributed by atoms with E-state index in [0.29, 0.717) is 0 Å². The average Bonchev–Trinajstić information content (AvgIpc) is 3.58. The zero-order valence-corrected chi connectivity index (χ0v) is 22.3. The van der Waals surface area contributed by atoms with Crippen molar-refractivity contribution in [3.63, 3.8) is 0 Å². The van der Waals surface area contributed by atoms with E-state index in [-0.39, 0.29) is 0 Å². The fourth-order valence-corrected chi connectivity index (χ4v) is 7.68. The average molecular weight is 527 g/mol. The van der Waals surface area contributed by atoms with Gasteiger partial charge in [-0.25, -0.2) is 0 Å². The molecule has 0 unspecified atom stereocenters. The van der Waals surface area contributed by atoms with Gasteiger partial charge < -0.3 is 4.42 Å². The van der Waals surface area contributed by atoms with Crippen molar-refractivity contribution in [3.05, 3.63) is 133 Å². The number of thiophene rings is 1. The molecule has 0 bridgehead atoms. The van der Waals surface area contributed by atoms with Gasteiger partial charge in [0.2, 0.25) is 0 Å². The Bertz CT molecular complexity index is 2430. The highest BCUT2D eigenvalue weighted by molar-refractivity contribution is 7.25. The number of furan rings is 1. The maximum atomic E-state index is 6.79. The second-order valence-corrected chi connectivity index (χ2v) is 11.5. The molecule has 9 rings (SSSR count). The van der Waals surface area contributed by atoms with Crippen molar-refractivity contribution < 1.29 is 4.42 Å². The normalized spacial score (nSPS) is 12.0. The van der Waals surface area contributed by atoms with E-state index >= 15 is 0 Å². The Labute approximate surface area is 234 Å². The molecule has 0 fully saturated rings. The van der Waals surface area contributed by atoms with Crippen molar-refractivity contribution >= 4 is 75.0 Å². The summed E-state index contributed by atoms with van der Waals surface area (Å²) in [6.07, 6.45) is 0. The number of hydrogen-bond acceptors (Lipinski definition) is 2. The topological polar surface area (TPSA) is 13.1 Å². The number of hydrogen-bond donors (Lipinski definition) is 0. The molecule has 0 spiro atoms. The van der Waals surface area contributed by atoms with E-state index in [1.54, 1.807) is 0 Å². The first-order valence-electron chi connectivity index (χ1n) is 13.6. The molecule has 0 N–H and O–H groups in total. The van der Waals surface area contributed by atoms with Crippen LogP contribution in [0.4, 0.5) is 0 Å². The molecule has 2 aromatic heterocycles. The van der Waals surface area contributed by atoms with Gasteiger partial charge in [0.15, 0.2) is 0 Å². The molecule has 1 nitrogen and oxygen atoms in total. The molecule has 0 amide bonds. The quantitative estimate of drug-likeness (QED) is 0.218. The van der Waals surface area contributed by atoms with Crippen LogP contribution in [0.25, 0.3) is 85.9 Å². The van der Waals surface area contributed by atoms with Crippen LogP contribution in [0.3, 0.4) is 0 Å². The molecular weight excluding hydrogens is 504 g/mol. The lowest BCUT2D eigenvalue weighted by Crippen LogP contribution is -1.90. The van der Waals surface area contributed by atoms with E-state index in [9.17, 15) is 0 Å². The van der Waals surface area contributed by atoms with Crippen LogP contribution < -0.4 is 0 Å². The summed E-state index contributed by atoms with van der Waals surface area (Å²) in [6.45, 7) is 0. The molecule has 7 aromatic carbocycles. The third kappa shape index (κ3) is 3.03. The maximum Gasteiger partial charge on any atom is 0.144 e. The SMILES string of the molecule is c1ccc2c(-c3c4ccccc4c(-c4ccc5c(c4)sc4ccccc45)c4oc5ccccc5c34)cccc2c1. The van der Waals surface area contributed by atoms with E-state index in [2.05, 4.69) is 133 Å². The monoisotopic (exact) mass is 526 g/mol. The van der Waals surface area contributed by atoms with Gasteiger partial charge >= 0.3 is 0 Å². The van der Waals surface area contributed by atoms with Crippen LogP contribution in [-0.4, -0.2) is 0 Å². The van der Waals surface area contributed by atoms with Crippen LogP contribution >= 0.6 is 11.3 Å². The van der Waals surface area contributed by atoms with Crippen LogP contribution in [0, 0.1) is 0 Å². The number of benzene rings is 7. The lowest BCUT2D eigenvalue weighted by Gasteiger charge is -2.16. The first-order valence-corrected chi connectivity index (χ1v) is 14.4. The van der Waals surface area contributed by atoms with Crippen LogP contribution in [0.5, 0.6) is 0 Å². The summed E-state index contributed by atoms with van der Waals surface area (Å²) in [5.74, 6) is 0. The van der Waals surface area contributed by atoms with Crippen LogP contribution in [-0.2, 0) is 0 Å². The zero-order chi connectivity index (χ0) is 26.2. The molecule has 0 saturated heterocycles. The van der Waals surface area contributed by atoms with Gasteiger partial charge in [-0.05, 0) is 50.9 Å². The number of fused-ring (bicyclic) bond motifs is 8. The summed E-state index contributed by atoms with van der Waals surface area (Å²) >= 11 is 1.86.